The van der Waals surface area contributed by atoms with E-state index in [1.165, 1.54) is 21.9 Å². The van der Waals surface area contributed by atoms with Crippen molar-refractivity contribution in [3.05, 3.63) is 16.1 Å². The molecule has 9 heteroatoms. The molecule has 7 nitrogen and oxygen atoms in total. The van der Waals surface area contributed by atoms with Crippen LogP contribution in [-0.2, 0) is 14.8 Å². The van der Waals surface area contributed by atoms with E-state index in [4.69, 9.17) is 4.74 Å². The van der Waals surface area contributed by atoms with Gasteiger partial charge in [-0.2, -0.15) is 0 Å². The largest absolute Gasteiger partial charge is 0.371 e. The predicted octanol–water partition coefficient (Wildman–Crippen LogP) is 0.718. The number of morpholine rings is 1. The Morgan fingerprint density at radius 3 is 2.61 bits per heavy atom. The Hall–Kier alpha value is -1.03. The molecule has 0 aliphatic carbocycles. The minimum atomic E-state index is -3.16. The minimum Gasteiger partial charge on any atom is -0.371 e. The molecule has 2 saturated heterocycles. The van der Waals surface area contributed by atoms with E-state index < -0.39 is 15.6 Å². The summed E-state index contributed by atoms with van der Waals surface area (Å²) in [6.07, 6.45) is 2.45. The average Bonchev–Trinajstić information content (AvgIpc) is 2.92. The van der Waals surface area contributed by atoms with Gasteiger partial charge in [0.05, 0.1) is 30.0 Å². The maximum atomic E-state index is 12.6. The number of amides is 1. The van der Waals surface area contributed by atoms with Gasteiger partial charge < -0.3 is 9.64 Å². The average molecular weight is 359 g/mol. The van der Waals surface area contributed by atoms with Crippen LogP contribution in [0.2, 0.25) is 0 Å². The van der Waals surface area contributed by atoms with Gasteiger partial charge in [-0.3, -0.25) is 4.79 Å². The standard InChI is InChI=1S/C14H21N3O4S2/c1-11-15-12(9-22-11)13(18)16-7-8-21-14(10-16)3-5-17(6-4-14)23(2,19)20/h9H,3-8,10H2,1-2H3. The number of hydrogen-bond acceptors (Lipinski definition) is 6. The maximum Gasteiger partial charge on any atom is 0.273 e. The van der Waals surface area contributed by atoms with E-state index in [1.54, 1.807) is 10.3 Å². The number of ether oxygens (including phenoxy) is 1. The molecular formula is C14H21N3O4S2. The van der Waals surface area contributed by atoms with E-state index in [0.29, 0.717) is 51.3 Å². The molecular weight excluding hydrogens is 338 g/mol. The Morgan fingerprint density at radius 1 is 1.35 bits per heavy atom. The maximum absolute atomic E-state index is 12.6. The number of aromatic nitrogens is 1. The van der Waals surface area contributed by atoms with Crippen LogP contribution >= 0.6 is 11.3 Å². The van der Waals surface area contributed by atoms with Gasteiger partial charge in [0.1, 0.15) is 5.69 Å². The number of thiazole rings is 1. The van der Waals surface area contributed by atoms with E-state index >= 15 is 0 Å². The van der Waals surface area contributed by atoms with Crippen LogP contribution in [0, 0.1) is 6.92 Å². The summed E-state index contributed by atoms with van der Waals surface area (Å²) >= 11 is 1.46. The van der Waals surface area contributed by atoms with E-state index in [2.05, 4.69) is 4.98 Å². The predicted molar refractivity (Wildman–Crippen MR) is 87.1 cm³/mol. The van der Waals surface area contributed by atoms with Crippen LogP contribution in [0.4, 0.5) is 0 Å². The molecule has 128 valence electrons. The summed E-state index contributed by atoms with van der Waals surface area (Å²) in [4.78, 5) is 18.6. The van der Waals surface area contributed by atoms with Crippen LogP contribution in [0.5, 0.6) is 0 Å². The molecule has 1 aromatic rings. The van der Waals surface area contributed by atoms with Gasteiger partial charge in [0.15, 0.2) is 0 Å². The highest BCUT2D eigenvalue weighted by atomic mass is 32.2. The van der Waals surface area contributed by atoms with E-state index in [1.807, 2.05) is 6.92 Å². The van der Waals surface area contributed by atoms with Crippen molar-refractivity contribution >= 4 is 27.3 Å². The summed E-state index contributed by atoms with van der Waals surface area (Å²) in [6.45, 7) is 4.29. The number of carbonyl (C=O) groups is 1. The van der Waals surface area contributed by atoms with Crippen LogP contribution in [0.15, 0.2) is 5.38 Å². The number of nitrogens with zero attached hydrogens (tertiary/aromatic N) is 3. The van der Waals surface area contributed by atoms with Crippen molar-refractivity contribution in [2.75, 3.05) is 39.0 Å². The van der Waals surface area contributed by atoms with Crippen molar-refractivity contribution in [2.45, 2.75) is 25.4 Å². The van der Waals surface area contributed by atoms with Crippen LogP contribution < -0.4 is 0 Å². The highest BCUT2D eigenvalue weighted by molar-refractivity contribution is 7.88. The first-order valence-electron chi connectivity index (χ1n) is 7.60. The molecule has 2 fully saturated rings. The summed E-state index contributed by atoms with van der Waals surface area (Å²) in [5, 5.41) is 2.66. The third kappa shape index (κ3) is 3.57. The van der Waals surface area contributed by atoms with Gasteiger partial charge in [-0.1, -0.05) is 0 Å². The number of sulfonamides is 1. The third-order valence-electron chi connectivity index (χ3n) is 4.48. The SMILES string of the molecule is Cc1nc(C(=O)N2CCOC3(CCN(S(C)(=O)=O)CC3)C2)cs1. The molecule has 0 radical (unpaired) electrons. The third-order valence-corrected chi connectivity index (χ3v) is 6.55. The van der Waals surface area contributed by atoms with Crippen molar-refractivity contribution in [3.63, 3.8) is 0 Å². The zero-order chi connectivity index (χ0) is 16.7. The lowest BCUT2D eigenvalue weighted by Crippen LogP contribution is -2.58. The zero-order valence-corrected chi connectivity index (χ0v) is 15.0. The number of aryl methyl sites for hydroxylation is 1. The van der Waals surface area contributed by atoms with Gasteiger partial charge in [0.2, 0.25) is 10.0 Å². The molecule has 1 spiro atoms. The van der Waals surface area contributed by atoms with Crippen molar-refractivity contribution in [1.29, 1.82) is 0 Å². The molecule has 0 aromatic carbocycles. The van der Waals surface area contributed by atoms with Gasteiger partial charge in [-0.05, 0) is 19.8 Å². The molecule has 23 heavy (non-hydrogen) atoms. The molecule has 1 amide bonds. The number of carbonyl (C=O) groups excluding carboxylic acids is 1. The first-order valence-corrected chi connectivity index (χ1v) is 10.3. The minimum absolute atomic E-state index is 0.0671. The summed E-state index contributed by atoms with van der Waals surface area (Å²) in [5.41, 5.74) is 0.0540. The quantitative estimate of drug-likeness (QED) is 0.777. The number of piperidine rings is 1. The molecule has 0 unspecified atom stereocenters. The monoisotopic (exact) mass is 359 g/mol. The fourth-order valence-electron chi connectivity index (χ4n) is 3.17. The molecule has 1 aromatic heterocycles. The summed E-state index contributed by atoms with van der Waals surface area (Å²) in [5.74, 6) is -0.0671. The molecule has 0 atom stereocenters. The Labute approximate surface area is 140 Å². The van der Waals surface area contributed by atoms with Crippen LogP contribution in [0.3, 0.4) is 0 Å². The Kier molecular flexibility index (Phi) is 4.47. The van der Waals surface area contributed by atoms with Gasteiger partial charge in [0, 0.05) is 25.0 Å². The van der Waals surface area contributed by atoms with E-state index in [0.717, 1.165) is 5.01 Å². The highest BCUT2D eigenvalue weighted by Gasteiger charge is 2.42. The fourth-order valence-corrected chi connectivity index (χ4v) is 4.60. The zero-order valence-electron chi connectivity index (χ0n) is 13.3. The van der Waals surface area contributed by atoms with Gasteiger partial charge in [0.25, 0.3) is 5.91 Å². The van der Waals surface area contributed by atoms with Crippen molar-refractivity contribution in [3.8, 4) is 0 Å². The Balaban J connectivity index is 1.68. The highest BCUT2D eigenvalue weighted by Crippen LogP contribution is 2.31. The number of rotatable bonds is 2. The molecule has 2 aliphatic rings. The van der Waals surface area contributed by atoms with Crippen molar-refractivity contribution < 1.29 is 17.9 Å². The molecule has 0 saturated carbocycles. The normalized spacial score (nSPS) is 22.4. The second-order valence-electron chi connectivity index (χ2n) is 6.17. The lowest BCUT2D eigenvalue weighted by Gasteiger charge is -2.46. The smallest absolute Gasteiger partial charge is 0.273 e. The first kappa shape index (κ1) is 16.8. The molecule has 0 bridgehead atoms. The van der Waals surface area contributed by atoms with Gasteiger partial charge in [-0.25, -0.2) is 17.7 Å². The Bertz CT molecular complexity index is 693. The summed E-state index contributed by atoms with van der Waals surface area (Å²) < 4.78 is 30.7. The molecule has 2 aliphatic heterocycles. The fraction of sp³-hybridized carbons (Fsp3) is 0.714. The molecule has 0 N–H and O–H groups in total. The first-order chi connectivity index (χ1) is 10.8. The summed E-state index contributed by atoms with van der Waals surface area (Å²) in [6, 6.07) is 0. The van der Waals surface area contributed by atoms with Crippen molar-refractivity contribution in [1.82, 2.24) is 14.2 Å². The van der Waals surface area contributed by atoms with E-state index in [-0.39, 0.29) is 5.91 Å². The van der Waals surface area contributed by atoms with Gasteiger partial charge >= 0.3 is 0 Å². The molecule has 3 heterocycles. The Morgan fingerprint density at radius 2 is 2.04 bits per heavy atom. The topological polar surface area (TPSA) is 79.8 Å². The molecule has 3 rings (SSSR count). The van der Waals surface area contributed by atoms with Crippen molar-refractivity contribution in [2.24, 2.45) is 0 Å². The van der Waals surface area contributed by atoms with Crippen LogP contribution in [0.25, 0.3) is 0 Å². The van der Waals surface area contributed by atoms with Gasteiger partial charge in [-0.15, -0.1) is 11.3 Å². The summed E-state index contributed by atoms with van der Waals surface area (Å²) in [7, 11) is -3.16. The number of hydrogen-bond donors (Lipinski definition) is 0. The van der Waals surface area contributed by atoms with Crippen LogP contribution in [-0.4, -0.2) is 73.2 Å². The van der Waals surface area contributed by atoms with Crippen LogP contribution in [0.1, 0.15) is 28.3 Å². The lowest BCUT2D eigenvalue weighted by molar-refractivity contribution is -0.120. The lowest BCUT2D eigenvalue weighted by atomic mass is 9.90. The second-order valence-corrected chi connectivity index (χ2v) is 9.22. The van der Waals surface area contributed by atoms with E-state index in [9.17, 15) is 13.2 Å². The second kappa shape index (κ2) is 6.12.